The average molecular weight is 386 g/mol. The van der Waals surface area contributed by atoms with E-state index in [-0.39, 0.29) is 22.9 Å². The smallest absolute Gasteiger partial charge is 0.332 e. The van der Waals surface area contributed by atoms with Gasteiger partial charge in [-0.15, -0.1) is 0 Å². The Kier molecular flexibility index (Phi) is 5.35. The number of anilines is 3. The summed E-state index contributed by atoms with van der Waals surface area (Å²) in [6.07, 6.45) is 0.980. The lowest BCUT2D eigenvalue weighted by Gasteiger charge is -2.11. The molecule has 2 aromatic carbocycles. The SMILES string of the molecule is O=C(NNc1ncnc(Nc2ccccc2F)c1[N+](=O)[O-])c1ccccc1F. The number of aromatic nitrogens is 2. The molecule has 0 fully saturated rings. The largest absolute Gasteiger partial charge is 0.355 e. The van der Waals surface area contributed by atoms with Crippen LogP contribution in [0.15, 0.2) is 54.9 Å². The van der Waals surface area contributed by atoms with Crippen LogP contribution in [-0.4, -0.2) is 20.8 Å². The van der Waals surface area contributed by atoms with Gasteiger partial charge in [-0.25, -0.2) is 18.7 Å². The van der Waals surface area contributed by atoms with Gasteiger partial charge in [-0.2, -0.15) is 0 Å². The molecular weight excluding hydrogens is 374 g/mol. The number of hydrazine groups is 1. The third kappa shape index (κ3) is 3.98. The third-order valence-corrected chi connectivity index (χ3v) is 3.54. The molecule has 142 valence electrons. The van der Waals surface area contributed by atoms with E-state index in [4.69, 9.17) is 0 Å². The van der Waals surface area contributed by atoms with Crippen LogP contribution in [0.3, 0.4) is 0 Å². The molecule has 28 heavy (non-hydrogen) atoms. The van der Waals surface area contributed by atoms with Crippen LogP contribution >= 0.6 is 0 Å². The molecule has 0 aliphatic rings. The van der Waals surface area contributed by atoms with Crippen LogP contribution in [0.25, 0.3) is 0 Å². The van der Waals surface area contributed by atoms with Crippen molar-refractivity contribution < 1.29 is 18.5 Å². The highest BCUT2D eigenvalue weighted by Gasteiger charge is 2.24. The van der Waals surface area contributed by atoms with Crippen molar-refractivity contribution in [2.45, 2.75) is 0 Å². The van der Waals surface area contributed by atoms with Gasteiger partial charge in [-0.05, 0) is 24.3 Å². The Morgan fingerprint density at radius 1 is 0.964 bits per heavy atom. The van der Waals surface area contributed by atoms with E-state index in [0.29, 0.717) is 0 Å². The maximum absolute atomic E-state index is 13.8. The number of carbonyl (C=O) groups is 1. The normalized spacial score (nSPS) is 10.2. The predicted molar refractivity (Wildman–Crippen MR) is 95.9 cm³/mol. The quantitative estimate of drug-likeness (QED) is 0.439. The van der Waals surface area contributed by atoms with E-state index in [2.05, 4.69) is 26.1 Å². The van der Waals surface area contributed by atoms with E-state index < -0.39 is 28.2 Å². The van der Waals surface area contributed by atoms with Crippen molar-refractivity contribution in [2.75, 3.05) is 10.7 Å². The molecule has 11 heteroatoms. The summed E-state index contributed by atoms with van der Waals surface area (Å²) in [7, 11) is 0. The highest BCUT2D eigenvalue weighted by atomic mass is 19.1. The summed E-state index contributed by atoms with van der Waals surface area (Å²) in [6.45, 7) is 0. The van der Waals surface area contributed by atoms with Gasteiger partial charge in [0.2, 0.25) is 11.6 Å². The molecule has 1 heterocycles. The summed E-state index contributed by atoms with van der Waals surface area (Å²) in [6, 6.07) is 10.7. The summed E-state index contributed by atoms with van der Waals surface area (Å²) in [5.74, 6) is -2.94. The maximum Gasteiger partial charge on any atom is 0.355 e. The average Bonchev–Trinajstić information content (AvgIpc) is 2.68. The first-order chi connectivity index (χ1) is 13.5. The van der Waals surface area contributed by atoms with Crippen molar-refractivity contribution in [3.05, 3.63) is 82.2 Å². The second kappa shape index (κ2) is 8.03. The summed E-state index contributed by atoms with van der Waals surface area (Å²) < 4.78 is 27.5. The van der Waals surface area contributed by atoms with Gasteiger partial charge in [0, 0.05) is 0 Å². The molecule has 3 aromatic rings. The Morgan fingerprint density at radius 3 is 2.29 bits per heavy atom. The minimum absolute atomic E-state index is 0.0364. The lowest BCUT2D eigenvalue weighted by molar-refractivity contribution is -0.383. The van der Waals surface area contributed by atoms with E-state index in [0.717, 1.165) is 12.4 Å². The minimum Gasteiger partial charge on any atom is -0.332 e. The van der Waals surface area contributed by atoms with Crippen LogP contribution in [0.5, 0.6) is 0 Å². The van der Waals surface area contributed by atoms with Crippen molar-refractivity contribution >= 4 is 28.9 Å². The van der Waals surface area contributed by atoms with Gasteiger partial charge >= 0.3 is 5.69 Å². The number of nitrogens with one attached hydrogen (secondary N) is 3. The molecule has 0 unspecified atom stereocenters. The zero-order valence-corrected chi connectivity index (χ0v) is 14.0. The monoisotopic (exact) mass is 386 g/mol. The molecule has 0 saturated carbocycles. The topological polar surface area (TPSA) is 122 Å². The van der Waals surface area contributed by atoms with Gasteiger partial charge in [0.15, 0.2) is 0 Å². The Morgan fingerprint density at radius 2 is 1.61 bits per heavy atom. The highest BCUT2D eigenvalue weighted by Crippen LogP contribution is 2.31. The van der Waals surface area contributed by atoms with Gasteiger partial charge in [0.1, 0.15) is 18.0 Å². The van der Waals surface area contributed by atoms with E-state index in [1.165, 1.54) is 42.5 Å². The molecule has 9 nitrogen and oxygen atoms in total. The molecule has 0 radical (unpaired) electrons. The summed E-state index contributed by atoms with van der Waals surface area (Å²) in [5, 5.41) is 14.0. The molecule has 0 atom stereocenters. The third-order valence-electron chi connectivity index (χ3n) is 3.54. The molecule has 1 amide bonds. The van der Waals surface area contributed by atoms with E-state index in [1.54, 1.807) is 0 Å². The standard InChI is InChI=1S/C17H12F2N6O3/c18-11-6-2-1-5-10(11)17(26)24-23-16-14(25(27)28)15(20-9-21-16)22-13-8-4-3-7-12(13)19/h1-9H,(H,24,26)(H2,20,21,22,23). The second-order valence-electron chi connectivity index (χ2n) is 5.34. The van der Waals surface area contributed by atoms with Gasteiger partial charge in [-0.1, -0.05) is 24.3 Å². The molecule has 0 spiro atoms. The number of rotatable bonds is 6. The number of benzene rings is 2. The predicted octanol–water partition coefficient (Wildman–Crippen LogP) is 3.16. The number of amides is 1. The fourth-order valence-corrected chi connectivity index (χ4v) is 2.25. The maximum atomic E-state index is 13.8. The first-order valence-electron chi connectivity index (χ1n) is 7.79. The van der Waals surface area contributed by atoms with Crippen LogP contribution in [0.4, 0.5) is 31.8 Å². The lowest BCUT2D eigenvalue weighted by Crippen LogP contribution is -2.31. The molecule has 1 aromatic heterocycles. The number of carbonyl (C=O) groups excluding carboxylic acids is 1. The van der Waals surface area contributed by atoms with E-state index in [1.807, 2.05) is 0 Å². The van der Waals surface area contributed by atoms with Crippen molar-refractivity contribution in [3.8, 4) is 0 Å². The van der Waals surface area contributed by atoms with Crippen LogP contribution in [0, 0.1) is 21.7 Å². The summed E-state index contributed by atoms with van der Waals surface area (Å²) in [4.78, 5) is 30.2. The van der Waals surface area contributed by atoms with Gasteiger partial charge < -0.3 is 5.32 Å². The number of hydrogen-bond donors (Lipinski definition) is 3. The minimum atomic E-state index is -0.866. The molecule has 0 saturated heterocycles. The summed E-state index contributed by atoms with van der Waals surface area (Å²) >= 11 is 0. The van der Waals surface area contributed by atoms with Crippen molar-refractivity contribution in [1.82, 2.24) is 15.4 Å². The van der Waals surface area contributed by atoms with Gasteiger partial charge in [0.05, 0.1) is 16.2 Å². The number of hydrogen-bond acceptors (Lipinski definition) is 7. The first-order valence-corrected chi connectivity index (χ1v) is 7.79. The number of halogens is 2. The molecule has 0 aliphatic carbocycles. The van der Waals surface area contributed by atoms with Crippen LogP contribution in [-0.2, 0) is 0 Å². The van der Waals surface area contributed by atoms with E-state index >= 15 is 0 Å². The number of nitrogens with zero attached hydrogens (tertiary/aromatic N) is 3. The zero-order valence-electron chi connectivity index (χ0n) is 14.0. The molecule has 0 aliphatic heterocycles. The van der Waals surface area contributed by atoms with Gasteiger partial charge in [0.25, 0.3) is 5.91 Å². The Balaban J connectivity index is 1.85. The molecule has 0 bridgehead atoms. The lowest BCUT2D eigenvalue weighted by atomic mass is 10.2. The molecule has 3 rings (SSSR count). The molecule has 3 N–H and O–H groups in total. The van der Waals surface area contributed by atoms with E-state index in [9.17, 15) is 23.7 Å². The fourth-order valence-electron chi connectivity index (χ4n) is 2.25. The van der Waals surface area contributed by atoms with Gasteiger partial charge in [-0.3, -0.25) is 25.8 Å². The molecular formula is C17H12F2N6O3. The fraction of sp³-hybridized carbons (Fsp3) is 0. The second-order valence-corrected chi connectivity index (χ2v) is 5.34. The van der Waals surface area contributed by atoms with Crippen LogP contribution in [0.2, 0.25) is 0 Å². The Hall–Kier alpha value is -4.15. The van der Waals surface area contributed by atoms with Crippen LogP contribution in [0.1, 0.15) is 10.4 Å². The zero-order chi connectivity index (χ0) is 20.1. The number of para-hydroxylation sites is 1. The van der Waals surface area contributed by atoms with Crippen molar-refractivity contribution in [2.24, 2.45) is 0 Å². The Labute approximate surface area is 156 Å². The van der Waals surface area contributed by atoms with Crippen molar-refractivity contribution in [1.29, 1.82) is 0 Å². The Bertz CT molecular complexity index is 1050. The van der Waals surface area contributed by atoms with Crippen molar-refractivity contribution in [3.63, 3.8) is 0 Å². The van der Waals surface area contributed by atoms with Crippen LogP contribution < -0.4 is 16.2 Å². The first kappa shape index (κ1) is 18.6. The number of nitro groups is 1. The highest BCUT2D eigenvalue weighted by molar-refractivity contribution is 5.95. The summed E-state index contributed by atoms with van der Waals surface area (Å²) in [5.41, 5.74) is 3.45.